The summed E-state index contributed by atoms with van der Waals surface area (Å²) in [6.45, 7) is 7.34. The Morgan fingerprint density at radius 2 is 0.612 bits per heavy atom. The minimum Gasteiger partial charge on any atom is -0.481 e. The average Bonchev–Trinajstić information content (AvgIpc) is 3.10. The molecule has 0 aliphatic heterocycles. The predicted octanol–water partition coefficient (Wildman–Crippen LogP) is 10.8. The molecule has 1 rings (SSSR count). The van der Waals surface area contributed by atoms with E-state index in [1.54, 1.807) is 0 Å². The molecular weight excluding hydrogens is 620 g/mol. The quantitative estimate of drug-likeness (QED) is 0.0420. The molecule has 1 aliphatic carbocycles. The van der Waals surface area contributed by atoms with Crippen molar-refractivity contribution in [2.45, 2.75) is 194 Å². The van der Waals surface area contributed by atoms with Crippen molar-refractivity contribution >= 4 is 23.9 Å². The fraction of sp³-hybridized carbons (Fsp3) is 0.902. The van der Waals surface area contributed by atoms with Crippen molar-refractivity contribution in [1.82, 2.24) is 0 Å². The fourth-order valence-electron chi connectivity index (χ4n) is 6.98. The van der Waals surface area contributed by atoms with Gasteiger partial charge in [0.1, 0.15) is 0 Å². The molecule has 4 unspecified atom stereocenters. The highest BCUT2D eigenvalue weighted by Crippen LogP contribution is 2.40. The van der Waals surface area contributed by atoms with Crippen LogP contribution in [0.5, 0.6) is 0 Å². The van der Waals surface area contributed by atoms with Crippen LogP contribution in [0.1, 0.15) is 194 Å². The number of unbranched alkanes of at least 4 members (excludes halogenated alkanes) is 22. The van der Waals surface area contributed by atoms with Crippen molar-refractivity contribution in [1.29, 1.82) is 0 Å². The van der Waals surface area contributed by atoms with Gasteiger partial charge in [0.25, 0.3) is 0 Å². The Labute approximate surface area is 299 Å². The van der Waals surface area contributed by atoms with E-state index < -0.39 is 47.5 Å². The first-order valence-corrected chi connectivity index (χ1v) is 20.6. The molecule has 0 aromatic heterocycles. The van der Waals surface area contributed by atoms with E-state index in [1.165, 1.54) is 103 Å². The van der Waals surface area contributed by atoms with Gasteiger partial charge in [-0.25, -0.2) is 0 Å². The highest BCUT2D eigenvalue weighted by molar-refractivity contribution is 5.87. The van der Waals surface area contributed by atoms with Crippen LogP contribution in [0.2, 0.25) is 0 Å². The second-order valence-electron chi connectivity index (χ2n) is 14.5. The van der Waals surface area contributed by atoms with E-state index in [-0.39, 0.29) is 32.7 Å². The molecule has 4 atom stereocenters. The third-order valence-corrected chi connectivity index (χ3v) is 10.2. The fourth-order valence-corrected chi connectivity index (χ4v) is 6.98. The Kier molecular flexibility index (Phi) is 28.1. The maximum Gasteiger partial charge on any atom is 0.309 e. The van der Waals surface area contributed by atoms with Gasteiger partial charge in [-0.2, -0.15) is 0 Å². The number of carboxylic acid groups (broad SMARTS) is 1. The maximum atomic E-state index is 13.4. The summed E-state index contributed by atoms with van der Waals surface area (Å²) in [5, 5.41) is 10.1. The van der Waals surface area contributed by atoms with Gasteiger partial charge in [-0.15, -0.1) is 0 Å². The zero-order valence-electron chi connectivity index (χ0n) is 31.8. The third kappa shape index (κ3) is 21.6. The normalized spacial score (nSPS) is 19.0. The summed E-state index contributed by atoms with van der Waals surface area (Å²) in [7, 11) is 0. The molecular formula is C41H74O8. The zero-order chi connectivity index (χ0) is 36.0. The van der Waals surface area contributed by atoms with Crippen LogP contribution in [0.4, 0.5) is 0 Å². The monoisotopic (exact) mass is 695 g/mol. The van der Waals surface area contributed by atoms with Gasteiger partial charge >= 0.3 is 23.9 Å². The molecule has 1 fully saturated rings. The van der Waals surface area contributed by atoms with E-state index in [2.05, 4.69) is 20.8 Å². The topological polar surface area (TPSA) is 116 Å². The number of esters is 3. The molecule has 1 saturated carbocycles. The Balaban J connectivity index is 2.70. The second kappa shape index (κ2) is 30.7. The number of aliphatic carboxylic acids is 1. The number of hydrogen-bond donors (Lipinski definition) is 1. The molecule has 1 aliphatic rings. The predicted molar refractivity (Wildman–Crippen MR) is 196 cm³/mol. The molecule has 0 bridgehead atoms. The van der Waals surface area contributed by atoms with Crippen molar-refractivity contribution in [2.75, 3.05) is 19.8 Å². The summed E-state index contributed by atoms with van der Waals surface area (Å²) in [5.41, 5.74) is 0. The lowest BCUT2D eigenvalue weighted by Crippen LogP contribution is -2.46. The van der Waals surface area contributed by atoms with Gasteiger partial charge in [-0.3, -0.25) is 19.2 Å². The average molecular weight is 695 g/mol. The molecule has 49 heavy (non-hydrogen) atoms. The number of rotatable bonds is 32. The molecule has 0 amide bonds. The highest BCUT2D eigenvalue weighted by Gasteiger charge is 2.50. The molecule has 8 nitrogen and oxygen atoms in total. The lowest BCUT2D eigenvalue weighted by atomic mass is 9.68. The summed E-state index contributed by atoms with van der Waals surface area (Å²) < 4.78 is 16.8. The first-order valence-electron chi connectivity index (χ1n) is 20.6. The SMILES string of the molecule is CCCCCCCCCCCOC(=O)C1CC(C(=O)OCCCCCCCCCC)C(C(=O)OCCCCCCCCCC)CC1C(=O)O. The lowest BCUT2D eigenvalue weighted by molar-refractivity contribution is -0.174. The van der Waals surface area contributed by atoms with Gasteiger partial charge in [0.2, 0.25) is 0 Å². The van der Waals surface area contributed by atoms with E-state index in [4.69, 9.17) is 14.2 Å². The largest absolute Gasteiger partial charge is 0.481 e. The number of ether oxygens (including phenoxy) is 3. The smallest absolute Gasteiger partial charge is 0.309 e. The molecule has 286 valence electrons. The van der Waals surface area contributed by atoms with Gasteiger partial charge < -0.3 is 19.3 Å². The van der Waals surface area contributed by atoms with Gasteiger partial charge in [0.05, 0.1) is 43.5 Å². The number of hydrogen-bond acceptors (Lipinski definition) is 7. The Hall–Kier alpha value is -2.12. The zero-order valence-corrected chi connectivity index (χ0v) is 31.8. The Morgan fingerprint density at radius 3 is 0.878 bits per heavy atom. The first-order chi connectivity index (χ1) is 23.9. The van der Waals surface area contributed by atoms with Crippen LogP contribution in [0, 0.1) is 23.7 Å². The van der Waals surface area contributed by atoms with Gasteiger partial charge in [-0.05, 0) is 32.1 Å². The Bertz CT molecular complexity index is 858. The number of carbonyl (C=O) groups excluding carboxylic acids is 3. The van der Waals surface area contributed by atoms with Crippen molar-refractivity contribution in [2.24, 2.45) is 23.7 Å². The van der Waals surface area contributed by atoms with Crippen LogP contribution in [-0.2, 0) is 33.4 Å². The van der Waals surface area contributed by atoms with E-state index >= 15 is 0 Å². The molecule has 0 radical (unpaired) electrons. The second-order valence-corrected chi connectivity index (χ2v) is 14.5. The summed E-state index contributed by atoms with van der Waals surface area (Å²) in [4.78, 5) is 52.3. The first kappa shape index (κ1) is 44.9. The highest BCUT2D eigenvalue weighted by atomic mass is 16.5. The minimum absolute atomic E-state index is 0.0820. The molecule has 8 heteroatoms. The molecule has 1 N–H and O–H groups in total. The van der Waals surface area contributed by atoms with Crippen LogP contribution in [-0.4, -0.2) is 48.8 Å². The van der Waals surface area contributed by atoms with E-state index in [0.29, 0.717) is 0 Å². The molecule has 0 saturated heterocycles. The van der Waals surface area contributed by atoms with E-state index in [0.717, 1.165) is 57.8 Å². The van der Waals surface area contributed by atoms with Crippen LogP contribution in [0.3, 0.4) is 0 Å². The van der Waals surface area contributed by atoms with Crippen LogP contribution in [0.15, 0.2) is 0 Å². The lowest BCUT2D eigenvalue weighted by Gasteiger charge is -2.36. The van der Waals surface area contributed by atoms with Gasteiger partial charge in [0, 0.05) is 0 Å². The van der Waals surface area contributed by atoms with Crippen molar-refractivity contribution < 1.29 is 38.5 Å². The van der Waals surface area contributed by atoms with E-state index in [9.17, 15) is 24.3 Å². The van der Waals surface area contributed by atoms with Crippen LogP contribution in [0.25, 0.3) is 0 Å². The summed E-state index contributed by atoms with van der Waals surface area (Å²) in [6.07, 6.45) is 27.8. The maximum absolute atomic E-state index is 13.4. The van der Waals surface area contributed by atoms with Crippen molar-refractivity contribution in [3.8, 4) is 0 Å². The van der Waals surface area contributed by atoms with Crippen molar-refractivity contribution in [3.63, 3.8) is 0 Å². The molecule has 0 spiro atoms. The summed E-state index contributed by atoms with van der Waals surface area (Å²) in [6, 6.07) is 0. The summed E-state index contributed by atoms with van der Waals surface area (Å²) in [5.74, 6) is -6.87. The standard InChI is InChI=1S/C41H74O8/c1-4-7-10-13-16-19-22-25-26-29-47-39(44)35-33-37(41(46)49-31-28-24-21-18-15-12-9-6-3)36(32-34(35)38(42)43)40(45)48-30-27-23-20-17-14-11-8-5-2/h34-37H,4-33H2,1-3H3,(H,42,43). The van der Waals surface area contributed by atoms with Crippen molar-refractivity contribution in [3.05, 3.63) is 0 Å². The molecule has 0 aromatic rings. The Morgan fingerprint density at radius 1 is 0.388 bits per heavy atom. The van der Waals surface area contributed by atoms with Gasteiger partial charge in [-0.1, -0.05) is 162 Å². The third-order valence-electron chi connectivity index (χ3n) is 10.2. The number of carbonyl (C=O) groups is 4. The molecule has 0 aromatic carbocycles. The summed E-state index contributed by atoms with van der Waals surface area (Å²) >= 11 is 0. The number of carboxylic acids is 1. The minimum atomic E-state index is -1.16. The van der Waals surface area contributed by atoms with Crippen LogP contribution >= 0.6 is 0 Å². The van der Waals surface area contributed by atoms with E-state index in [1.807, 2.05) is 0 Å². The van der Waals surface area contributed by atoms with Gasteiger partial charge in [0.15, 0.2) is 0 Å². The molecule has 0 heterocycles. The van der Waals surface area contributed by atoms with Crippen LogP contribution < -0.4 is 0 Å².